The van der Waals surface area contributed by atoms with Crippen LogP contribution < -0.4 is 10.6 Å². The van der Waals surface area contributed by atoms with Crippen molar-refractivity contribution in [2.24, 2.45) is 0 Å². The highest BCUT2D eigenvalue weighted by Crippen LogP contribution is 2.26. The summed E-state index contributed by atoms with van der Waals surface area (Å²) in [5, 5.41) is 7.81. The van der Waals surface area contributed by atoms with Crippen LogP contribution in [0.25, 0.3) is 0 Å². The molecule has 2 aliphatic rings. The van der Waals surface area contributed by atoms with Gasteiger partial charge in [-0.05, 0) is 0 Å². The second kappa shape index (κ2) is 3.09. The van der Waals surface area contributed by atoms with Crippen molar-refractivity contribution in [1.82, 2.24) is 10.6 Å². The van der Waals surface area contributed by atoms with Gasteiger partial charge in [0.15, 0.2) is 0 Å². The molecule has 0 aliphatic carbocycles. The molecule has 0 aromatic carbocycles. The fourth-order valence-corrected chi connectivity index (χ4v) is 2.08. The van der Waals surface area contributed by atoms with Gasteiger partial charge in [-0.2, -0.15) is 0 Å². The fraction of sp³-hybridized carbons (Fsp3) is 0.833. The lowest BCUT2D eigenvalue weighted by atomic mass is 10.5. The predicted octanol–water partition coefficient (Wildman–Crippen LogP) is -0.242. The molecule has 0 aromatic rings. The predicted molar refractivity (Wildman–Crippen MR) is 41.4 cm³/mol. The molecule has 2 aliphatic heterocycles. The fourth-order valence-electron chi connectivity index (χ4n) is 1.15. The second-order valence-electron chi connectivity index (χ2n) is 2.34. The van der Waals surface area contributed by atoms with Crippen molar-refractivity contribution >= 4 is 11.8 Å². The van der Waals surface area contributed by atoms with Gasteiger partial charge in [0.25, 0.3) is 0 Å². The Bertz CT molecular complexity index is 96.3. The minimum atomic E-state index is 0.174. The average Bonchev–Trinajstić information content (AvgIpc) is 2.59. The van der Waals surface area contributed by atoms with E-state index in [-0.39, 0.29) is 6.23 Å². The van der Waals surface area contributed by atoms with E-state index in [9.17, 15) is 0 Å². The molecule has 2 rings (SSSR count). The molecule has 0 spiro atoms. The van der Waals surface area contributed by atoms with Gasteiger partial charge in [-0.3, -0.25) is 10.6 Å². The molecular weight excluding hydrogens is 148 g/mol. The highest BCUT2D eigenvalue weighted by Gasteiger charge is 2.29. The Hall–Kier alpha value is 0.230. The van der Waals surface area contributed by atoms with Gasteiger partial charge in [0, 0.05) is 18.8 Å². The third-order valence-corrected chi connectivity index (χ3v) is 2.69. The Morgan fingerprint density at radius 2 is 2.50 bits per heavy atom. The first-order chi connectivity index (χ1) is 4.97. The van der Waals surface area contributed by atoms with Crippen LogP contribution in [0.3, 0.4) is 0 Å². The van der Waals surface area contributed by atoms with E-state index in [0.29, 0.717) is 0 Å². The molecule has 2 heterocycles. The van der Waals surface area contributed by atoms with Crippen LogP contribution in [0.15, 0.2) is 0 Å². The zero-order chi connectivity index (χ0) is 6.81. The zero-order valence-electron chi connectivity index (χ0n) is 5.72. The van der Waals surface area contributed by atoms with Gasteiger partial charge in [-0.15, -0.1) is 11.8 Å². The van der Waals surface area contributed by atoms with Gasteiger partial charge in [0.05, 0.1) is 6.61 Å². The molecular formula is C6H11N2OS. The van der Waals surface area contributed by atoms with Crippen LogP contribution in [-0.2, 0) is 4.74 Å². The van der Waals surface area contributed by atoms with Crippen LogP contribution in [0.2, 0.25) is 0 Å². The van der Waals surface area contributed by atoms with Crippen LogP contribution in [0.1, 0.15) is 0 Å². The number of rotatable bonds is 1. The highest BCUT2D eigenvalue weighted by atomic mass is 32.2. The third kappa shape index (κ3) is 1.29. The molecule has 1 atom stereocenters. The Morgan fingerprint density at radius 1 is 1.50 bits per heavy atom. The molecule has 0 bridgehead atoms. The van der Waals surface area contributed by atoms with Gasteiger partial charge in [0.1, 0.15) is 11.6 Å². The second-order valence-corrected chi connectivity index (χ2v) is 3.48. The van der Waals surface area contributed by atoms with Crippen LogP contribution in [0.4, 0.5) is 0 Å². The molecule has 2 N–H and O–H groups in total. The first kappa shape index (κ1) is 6.91. The summed E-state index contributed by atoms with van der Waals surface area (Å²) in [7, 11) is 0. The summed E-state index contributed by atoms with van der Waals surface area (Å²) in [5.74, 6) is 1.18. The summed E-state index contributed by atoms with van der Waals surface area (Å²) < 4.78 is 5.41. The Balaban J connectivity index is 1.85. The van der Waals surface area contributed by atoms with E-state index >= 15 is 0 Å². The average molecular weight is 159 g/mol. The number of hydrogen-bond donors (Lipinski definition) is 2. The van der Waals surface area contributed by atoms with Gasteiger partial charge in [-0.1, -0.05) is 0 Å². The summed E-state index contributed by atoms with van der Waals surface area (Å²) in [5.41, 5.74) is 0. The van der Waals surface area contributed by atoms with Crippen molar-refractivity contribution in [2.45, 2.75) is 6.23 Å². The van der Waals surface area contributed by atoms with E-state index in [2.05, 4.69) is 10.6 Å². The molecule has 0 amide bonds. The number of nitrogens with one attached hydrogen (secondary N) is 2. The molecule has 0 aromatic heterocycles. The standard InChI is InChI=1S/C6H11N2OS/c1-3-9-5(7-1)6-8-2-4-10-6/h5,7-8H,1-4H2. The summed E-state index contributed by atoms with van der Waals surface area (Å²) in [4.78, 5) is 0. The summed E-state index contributed by atoms with van der Waals surface area (Å²) in [6.07, 6.45) is 0.174. The molecule has 57 valence electrons. The molecule has 0 saturated carbocycles. The minimum Gasteiger partial charge on any atom is -0.359 e. The molecule has 3 nitrogen and oxygen atoms in total. The topological polar surface area (TPSA) is 33.3 Å². The Morgan fingerprint density at radius 3 is 3.10 bits per heavy atom. The Labute approximate surface area is 64.9 Å². The van der Waals surface area contributed by atoms with Crippen LogP contribution in [0.5, 0.6) is 0 Å². The summed E-state index contributed by atoms with van der Waals surface area (Å²) in [6, 6.07) is 0. The highest BCUT2D eigenvalue weighted by molar-refractivity contribution is 8.02. The van der Waals surface area contributed by atoms with E-state index < -0.39 is 0 Å². The summed E-state index contributed by atoms with van der Waals surface area (Å²) in [6.45, 7) is 2.91. The maximum Gasteiger partial charge on any atom is 0.139 e. The maximum atomic E-state index is 5.41. The van der Waals surface area contributed by atoms with E-state index in [0.717, 1.165) is 19.7 Å². The van der Waals surface area contributed by atoms with Crippen molar-refractivity contribution in [3.8, 4) is 0 Å². The number of thioether (sulfide) groups is 1. The Kier molecular flexibility index (Phi) is 2.13. The van der Waals surface area contributed by atoms with E-state index in [1.807, 2.05) is 11.8 Å². The lowest BCUT2D eigenvalue weighted by Crippen LogP contribution is -2.33. The van der Waals surface area contributed by atoms with Crippen molar-refractivity contribution in [3.63, 3.8) is 0 Å². The monoisotopic (exact) mass is 159 g/mol. The molecule has 4 heteroatoms. The normalized spacial score (nSPS) is 35.4. The quantitative estimate of drug-likeness (QED) is 0.553. The van der Waals surface area contributed by atoms with Crippen molar-refractivity contribution in [1.29, 1.82) is 0 Å². The van der Waals surface area contributed by atoms with Gasteiger partial charge >= 0.3 is 0 Å². The molecule has 10 heavy (non-hydrogen) atoms. The molecule has 2 saturated heterocycles. The van der Waals surface area contributed by atoms with Crippen LogP contribution >= 0.6 is 11.8 Å². The van der Waals surface area contributed by atoms with Crippen LogP contribution in [-0.4, -0.2) is 31.7 Å². The minimum absolute atomic E-state index is 0.174. The number of hydrogen-bond acceptors (Lipinski definition) is 4. The van der Waals surface area contributed by atoms with E-state index in [4.69, 9.17) is 4.74 Å². The smallest absolute Gasteiger partial charge is 0.139 e. The lowest BCUT2D eigenvalue weighted by Gasteiger charge is -2.15. The van der Waals surface area contributed by atoms with Gasteiger partial charge < -0.3 is 4.74 Å². The van der Waals surface area contributed by atoms with E-state index in [1.165, 1.54) is 11.1 Å². The van der Waals surface area contributed by atoms with Crippen molar-refractivity contribution in [2.75, 3.05) is 25.4 Å². The number of ether oxygens (including phenoxy) is 1. The first-order valence-corrected chi connectivity index (χ1v) is 4.54. The van der Waals surface area contributed by atoms with Gasteiger partial charge in [0.2, 0.25) is 0 Å². The molecule has 1 unspecified atom stereocenters. The van der Waals surface area contributed by atoms with Crippen LogP contribution in [0, 0.1) is 5.37 Å². The lowest BCUT2D eigenvalue weighted by molar-refractivity contribution is 0.117. The maximum absolute atomic E-state index is 5.41. The van der Waals surface area contributed by atoms with Crippen molar-refractivity contribution < 1.29 is 4.74 Å². The summed E-state index contributed by atoms with van der Waals surface area (Å²) >= 11 is 1.86. The first-order valence-electron chi connectivity index (χ1n) is 3.55. The molecule has 1 radical (unpaired) electrons. The third-order valence-electron chi connectivity index (χ3n) is 1.61. The van der Waals surface area contributed by atoms with E-state index in [1.54, 1.807) is 0 Å². The van der Waals surface area contributed by atoms with Gasteiger partial charge in [-0.25, -0.2) is 0 Å². The largest absolute Gasteiger partial charge is 0.359 e. The zero-order valence-corrected chi connectivity index (χ0v) is 6.54. The SMILES string of the molecule is C1CS[C](C2NCCO2)N1. The van der Waals surface area contributed by atoms with Crippen molar-refractivity contribution in [3.05, 3.63) is 5.37 Å². The molecule has 2 fully saturated rings.